The van der Waals surface area contributed by atoms with Gasteiger partial charge in [0.05, 0.1) is 12.6 Å². The Balaban J connectivity index is 1.56. The van der Waals surface area contributed by atoms with Gasteiger partial charge in [-0.1, -0.05) is 0 Å². The largest absolute Gasteiger partial charge is 0.479 e. The Morgan fingerprint density at radius 1 is 1.26 bits per heavy atom. The summed E-state index contributed by atoms with van der Waals surface area (Å²) in [4.78, 5) is 26.3. The first-order valence-electron chi connectivity index (χ1n) is 8.85. The summed E-state index contributed by atoms with van der Waals surface area (Å²) in [7, 11) is 0. The fraction of sp³-hybridized carbons (Fsp3) is 0.474. The Hall–Kier alpha value is -2.19. The molecule has 146 valence electrons. The number of thioether (sulfide) groups is 1. The van der Waals surface area contributed by atoms with Crippen LogP contribution in [0.15, 0.2) is 38.1 Å². The van der Waals surface area contributed by atoms with Crippen LogP contribution in [0.1, 0.15) is 35.9 Å². The van der Waals surface area contributed by atoms with Crippen LogP contribution in [0.25, 0.3) is 0 Å². The predicted molar refractivity (Wildman–Crippen MR) is 101 cm³/mol. The van der Waals surface area contributed by atoms with Crippen LogP contribution in [0.3, 0.4) is 0 Å². The van der Waals surface area contributed by atoms with Crippen molar-refractivity contribution in [3.63, 3.8) is 0 Å². The zero-order chi connectivity index (χ0) is 19.2. The van der Waals surface area contributed by atoms with Crippen LogP contribution in [0, 0.1) is 0 Å². The molecule has 0 unspecified atom stereocenters. The summed E-state index contributed by atoms with van der Waals surface area (Å²) in [5.41, 5.74) is -0.242. The van der Waals surface area contributed by atoms with Gasteiger partial charge in [-0.05, 0) is 26.0 Å². The molecule has 7 nitrogen and oxygen atoms in total. The highest BCUT2D eigenvalue weighted by atomic mass is 32.2. The molecule has 0 radical (unpaired) electrons. The van der Waals surface area contributed by atoms with Crippen molar-refractivity contribution >= 4 is 17.7 Å². The molecule has 8 heteroatoms. The van der Waals surface area contributed by atoms with Crippen LogP contribution in [0.5, 0.6) is 5.75 Å². The molecule has 0 atom stereocenters. The molecule has 3 heterocycles. The Kier molecular flexibility index (Phi) is 6.63. The van der Waals surface area contributed by atoms with E-state index in [2.05, 4.69) is 4.90 Å². The van der Waals surface area contributed by atoms with E-state index >= 15 is 0 Å². The van der Waals surface area contributed by atoms with E-state index in [9.17, 15) is 9.59 Å². The zero-order valence-electron chi connectivity index (χ0n) is 15.4. The Labute approximate surface area is 161 Å². The maximum absolute atomic E-state index is 12.2. The molecule has 2 aromatic heterocycles. The monoisotopic (exact) mass is 393 g/mol. The molecule has 0 bridgehead atoms. The number of esters is 1. The lowest BCUT2D eigenvalue weighted by Gasteiger charge is -2.25. The maximum Gasteiger partial charge on any atom is 0.374 e. The highest BCUT2D eigenvalue weighted by Gasteiger charge is 2.16. The number of rotatable bonds is 7. The van der Waals surface area contributed by atoms with Crippen molar-refractivity contribution in [2.75, 3.05) is 24.6 Å². The molecule has 0 saturated carbocycles. The SMILES string of the molecule is CC(C)OC(=O)c1ccc(COc2coc(CN3CCSCC3)cc2=O)o1. The molecule has 1 aliphatic heterocycles. The number of furan rings is 1. The fourth-order valence-corrected chi connectivity index (χ4v) is 3.57. The van der Waals surface area contributed by atoms with Gasteiger partial charge in [-0.25, -0.2) is 4.79 Å². The quantitative estimate of drug-likeness (QED) is 0.664. The van der Waals surface area contributed by atoms with Crippen molar-refractivity contribution in [3.05, 3.63) is 52.0 Å². The van der Waals surface area contributed by atoms with Crippen molar-refractivity contribution in [2.24, 2.45) is 0 Å². The zero-order valence-corrected chi connectivity index (χ0v) is 16.3. The van der Waals surface area contributed by atoms with Crippen molar-refractivity contribution in [2.45, 2.75) is 33.1 Å². The molecule has 1 saturated heterocycles. The summed E-state index contributed by atoms with van der Waals surface area (Å²) in [6.07, 6.45) is 1.10. The Morgan fingerprint density at radius 2 is 2.04 bits per heavy atom. The van der Waals surface area contributed by atoms with E-state index in [0.717, 1.165) is 24.6 Å². The van der Waals surface area contributed by atoms with Gasteiger partial charge < -0.3 is 18.3 Å². The van der Waals surface area contributed by atoms with Gasteiger partial charge in [0.2, 0.25) is 16.9 Å². The Bertz CT molecular complexity index is 822. The van der Waals surface area contributed by atoms with Crippen molar-refractivity contribution in [3.8, 4) is 5.75 Å². The summed E-state index contributed by atoms with van der Waals surface area (Å²) < 4.78 is 21.5. The summed E-state index contributed by atoms with van der Waals surface area (Å²) in [6.45, 7) is 6.15. The lowest BCUT2D eigenvalue weighted by molar-refractivity contribution is 0.0337. The summed E-state index contributed by atoms with van der Waals surface area (Å²) in [6, 6.07) is 4.60. The van der Waals surface area contributed by atoms with Gasteiger partial charge in [-0.3, -0.25) is 9.69 Å². The van der Waals surface area contributed by atoms with Crippen LogP contribution in [-0.4, -0.2) is 41.6 Å². The van der Waals surface area contributed by atoms with E-state index < -0.39 is 5.97 Å². The van der Waals surface area contributed by atoms with Gasteiger partial charge in [-0.15, -0.1) is 0 Å². The Morgan fingerprint density at radius 3 is 2.74 bits per heavy atom. The molecule has 27 heavy (non-hydrogen) atoms. The minimum atomic E-state index is -0.531. The van der Waals surface area contributed by atoms with Gasteiger partial charge >= 0.3 is 5.97 Å². The third-order valence-corrected chi connectivity index (χ3v) is 4.85. The van der Waals surface area contributed by atoms with Gasteiger partial charge in [0.1, 0.15) is 24.4 Å². The molecule has 2 aromatic rings. The molecule has 0 aliphatic carbocycles. The van der Waals surface area contributed by atoms with Crippen LogP contribution in [0.2, 0.25) is 0 Å². The molecule has 0 amide bonds. The first kappa shape index (κ1) is 19.6. The average molecular weight is 393 g/mol. The van der Waals surface area contributed by atoms with Crippen LogP contribution < -0.4 is 10.2 Å². The van der Waals surface area contributed by atoms with Crippen molar-refractivity contribution < 1.29 is 23.1 Å². The highest BCUT2D eigenvalue weighted by Crippen LogP contribution is 2.16. The summed E-state index contributed by atoms with van der Waals surface area (Å²) in [5, 5.41) is 0. The number of nitrogens with zero attached hydrogens (tertiary/aromatic N) is 1. The third-order valence-electron chi connectivity index (χ3n) is 3.91. The van der Waals surface area contributed by atoms with Gasteiger partial charge in [0.25, 0.3) is 0 Å². The highest BCUT2D eigenvalue weighted by molar-refractivity contribution is 7.99. The minimum Gasteiger partial charge on any atom is -0.479 e. The molecule has 0 aromatic carbocycles. The van der Waals surface area contributed by atoms with Gasteiger partial charge in [0, 0.05) is 30.7 Å². The molecular formula is C19H23NO6S. The molecule has 1 fully saturated rings. The van der Waals surface area contributed by atoms with E-state index in [4.69, 9.17) is 18.3 Å². The number of carbonyl (C=O) groups is 1. The number of hydrogen-bond donors (Lipinski definition) is 0. The maximum atomic E-state index is 12.2. The van der Waals surface area contributed by atoms with Gasteiger partial charge in [-0.2, -0.15) is 11.8 Å². The first-order chi connectivity index (χ1) is 13.0. The second kappa shape index (κ2) is 9.14. The molecule has 1 aliphatic rings. The van der Waals surface area contributed by atoms with E-state index in [-0.39, 0.29) is 29.6 Å². The molecular weight excluding hydrogens is 370 g/mol. The lowest BCUT2D eigenvalue weighted by Crippen LogP contribution is -2.32. The van der Waals surface area contributed by atoms with E-state index in [1.165, 1.54) is 18.4 Å². The normalized spacial score (nSPS) is 15.1. The molecule has 3 rings (SSSR count). The minimum absolute atomic E-state index is 0.0163. The second-order valence-electron chi connectivity index (χ2n) is 6.47. The first-order valence-corrected chi connectivity index (χ1v) is 10.0. The van der Waals surface area contributed by atoms with Crippen molar-refractivity contribution in [1.82, 2.24) is 4.90 Å². The second-order valence-corrected chi connectivity index (χ2v) is 7.70. The topological polar surface area (TPSA) is 82.1 Å². The van der Waals surface area contributed by atoms with E-state index in [1.54, 1.807) is 19.9 Å². The smallest absolute Gasteiger partial charge is 0.374 e. The number of carbonyl (C=O) groups excluding carboxylic acids is 1. The van der Waals surface area contributed by atoms with E-state index in [0.29, 0.717) is 18.1 Å². The van der Waals surface area contributed by atoms with Crippen LogP contribution >= 0.6 is 11.8 Å². The van der Waals surface area contributed by atoms with Gasteiger partial charge in [0.15, 0.2) is 0 Å². The molecule has 0 N–H and O–H groups in total. The van der Waals surface area contributed by atoms with E-state index in [1.807, 2.05) is 11.8 Å². The summed E-state index contributed by atoms with van der Waals surface area (Å²) >= 11 is 1.93. The van der Waals surface area contributed by atoms with Crippen LogP contribution in [-0.2, 0) is 17.9 Å². The number of ether oxygens (including phenoxy) is 2. The van der Waals surface area contributed by atoms with Crippen molar-refractivity contribution in [1.29, 1.82) is 0 Å². The summed E-state index contributed by atoms with van der Waals surface area (Å²) in [5.74, 6) is 2.91. The average Bonchev–Trinajstić information content (AvgIpc) is 3.10. The van der Waals surface area contributed by atoms with Crippen LogP contribution in [0.4, 0.5) is 0 Å². The fourth-order valence-electron chi connectivity index (χ4n) is 2.59. The third kappa shape index (κ3) is 5.64. The number of hydrogen-bond acceptors (Lipinski definition) is 8. The predicted octanol–water partition coefficient (Wildman–Crippen LogP) is 2.93. The lowest BCUT2D eigenvalue weighted by atomic mass is 10.3. The molecule has 0 spiro atoms. The standard InChI is InChI=1S/C19H23NO6S/c1-13(2)25-19(22)17-4-3-14(26-17)11-24-18-12-23-15(9-16(18)21)10-20-5-7-27-8-6-20/h3-4,9,12-13H,5-8,10-11H2,1-2H3.